The molecule has 1 aromatic rings. The molecule has 0 bridgehead atoms. The fourth-order valence-corrected chi connectivity index (χ4v) is 2.38. The SMILES string of the molecule is CCOc1ccc(NC(=O)N[C@@H]2C=C[C@H](CO)C2)c(C)c1. The number of anilines is 1. The van der Waals surface area contributed by atoms with Crippen LogP contribution in [0.1, 0.15) is 18.9 Å². The van der Waals surface area contributed by atoms with Gasteiger partial charge in [0.15, 0.2) is 0 Å². The molecule has 3 N–H and O–H groups in total. The smallest absolute Gasteiger partial charge is 0.319 e. The number of rotatable bonds is 5. The molecule has 2 atom stereocenters. The number of urea groups is 1. The van der Waals surface area contributed by atoms with E-state index in [0.717, 1.165) is 23.4 Å². The van der Waals surface area contributed by atoms with Crippen molar-refractivity contribution in [3.05, 3.63) is 35.9 Å². The van der Waals surface area contributed by atoms with Crippen molar-refractivity contribution in [2.24, 2.45) is 5.92 Å². The number of aliphatic hydroxyl groups excluding tert-OH is 1. The summed E-state index contributed by atoms with van der Waals surface area (Å²) in [6.07, 6.45) is 4.60. The third-order valence-electron chi connectivity index (χ3n) is 3.48. The van der Waals surface area contributed by atoms with E-state index < -0.39 is 0 Å². The highest BCUT2D eigenvalue weighted by Crippen LogP contribution is 2.22. The van der Waals surface area contributed by atoms with E-state index >= 15 is 0 Å². The van der Waals surface area contributed by atoms with Crippen LogP contribution in [0.3, 0.4) is 0 Å². The van der Waals surface area contributed by atoms with Crippen LogP contribution < -0.4 is 15.4 Å². The lowest BCUT2D eigenvalue weighted by atomic mass is 10.1. The van der Waals surface area contributed by atoms with Gasteiger partial charge in [-0.25, -0.2) is 4.79 Å². The Morgan fingerprint density at radius 3 is 2.86 bits per heavy atom. The number of hydrogen-bond acceptors (Lipinski definition) is 3. The highest BCUT2D eigenvalue weighted by molar-refractivity contribution is 5.90. The Bertz CT molecular complexity index is 528. The fourth-order valence-electron chi connectivity index (χ4n) is 2.38. The van der Waals surface area contributed by atoms with E-state index in [2.05, 4.69) is 10.6 Å². The molecular weight excluding hydrogens is 268 g/mol. The minimum Gasteiger partial charge on any atom is -0.494 e. The number of nitrogens with one attached hydrogen (secondary N) is 2. The fraction of sp³-hybridized carbons (Fsp3) is 0.438. The molecule has 5 heteroatoms. The maximum Gasteiger partial charge on any atom is 0.319 e. The van der Waals surface area contributed by atoms with E-state index in [1.165, 1.54) is 0 Å². The molecule has 0 heterocycles. The lowest BCUT2D eigenvalue weighted by Gasteiger charge is -2.15. The maximum atomic E-state index is 12.0. The van der Waals surface area contributed by atoms with E-state index in [-0.39, 0.29) is 24.6 Å². The molecule has 2 rings (SSSR count). The predicted octanol–water partition coefficient (Wildman–Crippen LogP) is 2.45. The summed E-state index contributed by atoms with van der Waals surface area (Å²) in [4.78, 5) is 12.0. The zero-order chi connectivity index (χ0) is 15.2. The first-order valence-electron chi connectivity index (χ1n) is 7.22. The molecule has 0 radical (unpaired) electrons. The van der Waals surface area contributed by atoms with Gasteiger partial charge in [0.1, 0.15) is 5.75 Å². The van der Waals surface area contributed by atoms with Crippen LogP contribution in [0.4, 0.5) is 10.5 Å². The second kappa shape index (κ2) is 7.13. The van der Waals surface area contributed by atoms with Crippen LogP contribution in [0.2, 0.25) is 0 Å². The average molecular weight is 290 g/mol. The highest BCUT2D eigenvalue weighted by atomic mass is 16.5. The predicted molar refractivity (Wildman–Crippen MR) is 82.6 cm³/mol. The van der Waals surface area contributed by atoms with Crippen LogP contribution in [-0.2, 0) is 0 Å². The van der Waals surface area contributed by atoms with Gasteiger partial charge in [-0.15, -0.1) is 0 Å². The number of ether oxygens (including phenoxy) is 1. The van der Waals surface area contributed by atoms with Crippen LogP contribution in [0.5, 0.6) is 5.75 Å². The van der Waals surface area contributed by atoms with Gasteiger partial charge in [0, 0.05) is 24.3 Å². The van der Waals surface area contributed by atoms with Gasteiger partial charge in [0.2, 0.25) is 0 Å². The van der Waals surface area contributed by atoms with Crippen LogP contribution in [0.25, 0.3) is 0 Å². The monoisotopic (exact) mass is 290 g/mol. The number of aryl methyl sites for hydroxylation is 1. The van der Waals surface area contributed by atoms with E-state index in [4.69, 9.17) is 9.84 Å². The molecule has 21 heavy (non-hydrogen) atoms. The Labute approximate surface area is 125 Å². The summed E-state index contributed by atoms with van der Waals surface area (Å²) in [5.74, 6) is 0.938. The van der Waals surface area contributed by atoms with Crippen LogP contribution >= 0.6 is 0 Å². The Hall–Kier alpha value is -2.01. The van der Waals surface area contributed by atoms with Gasteiger partial charge in [-0.05, 0) is 44.0 Å². The summed E-state index contributed by atoms with van der Waals surface area (Å²) in [6.45, 7) is 4.60. The number of aliphatic hydroxyl groups is 1. The van der Waals surface area contributed by atoms with Crippen molar-refractivity contribution in [3.8, 4) is 5.75 Å². The quantitative estimate of drug-likeness (QED) is 0.729. The molecule has 114 valence electrons. The number of carbonyl (C=O) groups excluding carboxylic acids is 1. The Morgan fingerprint density at radius 1 is 1.43 bits per heavy atom. The van der Waals surface area contributed by atoms with Gasteiger partial charge >= 0.3 is 6.03 Å². The van der Waals surface area contributed by atoms with Crippen molar-refractivity contribution < 1.29 is 14.6 Å². The summed E-state index contributed by atoms with van der Waals surface area (Å²) < 4.78 is 5.42. The van der Waals surface area contributed by atoms with Crippen molar-refractivity contribution in [1.29, 1.82) is 0 Å². The molecule has 5 nitrogen and oxygen atoms in total. The molecule has 0 spiro atoms. The van der Waals surface area contributed by atoms with E-state index in [0.29, 0.717) is 6.61 Å². The van der Waals surface area contributed by atoms with Gasteiger partial charge in [-0.3, -0.25) is 0 Å². The highest BCUT2D eigenvalue weighted by Gasteiger charge is 2.19. The average Bonchev–Trinajstić information content (AvgIpc) is 2.90. The minimum absolute atomic E-state index is 0.0230. The van der Waals surface area contributed by atoms with Crippen molar-refractivity contribution in [2.45, 2.75) is 26.3 Å². The normalized spacial score (nSPS) is 20.3. The van der Waals surface area contributed by atoms with Crippen molar-refractivity contribution in [3.63, 3.8) is 0 Å². The lowest BCUT2D eigenvalue weighted by molar-refractivity contribution is 0.238. The van der Waals surface area contributed by atoms with Crippen molar-refractivity contribution in [1.82, 2.24) is 5.32 Å². The number of carbonyl (C=O) groups is 1. The van der Waals surface area contributed by atoms with Gasteiger partial charge in [0.25, 0.3) is 0 Å². The molecule has 1 aliphatic carbocycles. The summed E-state index contributed by atoms with van der Waals surface area (Å²) in [6, 6.07) is 5.31. The number of benzene rings is 1. The molecule has 0 saturated heterocycles. The Balaban J connectivity index is 1.89. The van der Waals surface area contributed by atoms with Gasteiger partial charge in [-0.2, -0.15) is 0 Å². The Morgan fingerprint density at radius 2 is 2.24 bits per heavy atom. The third-order valence-corrected chi connectivity index (χ3v) is 3.48. The summed E-state index contributed by atoms with van der Waals surface area (Å²) in [5, 5.41) is 14.8. The Kier molecular flexibility index (Phi) is 5.22. The second-order valence-corrected chi connectivity index (χ2v) is 5.18. The summed E-state index contributed by atoms with van der Waals surface area (Å²) >= 11 is 0. The lowest BCUT2D eigenvalue weighted by Crippen LogP contribution is -2.36. The van der Waals surface area contributed by atoms with Crippen molar-refractivity contribution >= 4 is 11.7 Å². The molecule has 1 aliphatic rings. The second-order valence-electron chi connectivity index (χ2n) is 5.18. The largest absolute Gasteiger partial charge is 0.494 e. The molecular formula is C16H22N2O3. The number of amides is 2. The zero-order valence-corrected chi connectivity index (χ0v) is 12.4. The maximum absolute atomic E-state index is 12.0. The minimum atomic E-state index is -0.240. The van der Waals surface area contributed by atoms with Crippen LogP contribution in [0, 0.1) is 12.8 Å². The van der Waals surface area contributed by atoms with Gasteiger partial charge in [-0.1, -0.05) is 12.2 Å². The van der Waals surface area contributed by atoms with E-state index in [9.17, 15) is 4.79 Å². The van der Waals surface area contributed by atoms with Crippen molar-refractivity contribution in [2.75, 3.05) is 18.5 Å². The molecule has 0 fully saturated rings. The van der Waals surface area contributed by atoms with Crippen LogP contribution in [-0.4, -0.2) is 30.4 Å². The van der Waals surface area contributed by atoms with Gasteiger partial charge < -0.3 is 20.5 Å². The first-order chi connectivity index (χ1) is 10.1. The van der Waals surface area contributed by atoms with Crippen LogP contribution in [0.15, 0.2) is 30.4 Å². The molecule has 0 aromatic heterocycles. The molecule has 0 aliphatic heterocycles. The summed E-state index contributed by atoms with van der Waals surface area (Å²) in [7, 11) is 0. The topological polar surface area (TPSA) is 70.6 Å². The van der Waals surface area contributed by atoms with Gasteiger partial charge in [0.05, 0.1) is 6.61 Å². The van der Waals surface area contributed by atoms with E-state index in [1.54, 1.807) is 0 Å². The third kappa shape index (κ3) is 4.23. The molecule has 1 aromatic carbocycles. The van der Waals surface area contributed by atoms with E-state index in [1.807, 2.05) is 44.2 Å². The number of hydrogen-bond donors (Lipinski definition) is 3. The molecule has 0 saturated carbocycles. The molecule has 0 unspecified atom stereocenters. The molecule has 2 amide bonds. The standard InChI is InChI=1S/C16H22N2O3/c1-3-21-14-6-7-15(11(2)8-14)18-16(20)17-13-5-4-12(9-13)10-19/h4-8,12-13,19H,3,9-10H2,1-2H3,(H2,17,18,20)/t12-,13+/m0/s1. The first-order valence-corrected chi connectivity index (χ1v) is 7.22. The first kappa shape index (κ1) is 15.4. The zero-order valence-electron chi connectivity index (χ0n) is 12.4. The summed E-state index contributed by atoms with van der Waals surface area (Å²) in [5.41, 5.74) is 1.71.